The van der Waals surface area contributed by atoms with Crippen LogP contribution >= 0.6 is 23.4 Å². The van der Waals surface area contributed by atoms with Crippen molar-refractivity contribution in [1.82, 2.24) is 19.7 Å². The van der Waals surface area contributed by atoms with Crippen molar-refractivity contribution in [3.63, 3.8) is 0 Å². The number of ether oxygens (including phenoxy) is 1. The van der Waals surface area contributed by atoms with Crippen LogP contribution in [0.25, 0.3) is 16.7 Å². The third-order valence-corrected chi connectivity index (χ3v) is 4.21. The van der Waals surface area contributed by atoms with Crippen molar-refractivity contribution in [1.29, 1.82) is 0 Å². The fourth-order valence-electron chi connectivity index (χ4n) is 2.11. The molecule has 0 bridgehead atoms. The molecule has 0 saturated heterocycles. The predicted octanol–water partition coefficient (Wildman–Crippen LogP) is 2.89. The van der Waals surface area contributed by atoms with Crippen LogP contribution in [-0.2, 0) is 4.74 Å². The van der Waals surface area contributed by atoms with Gasteiger partial charge < -0.3 is 9.72 Å². The Morgan fingerprint density at radius 2 is 2.30 bits per heavy atom. The summed E-state index contributed by atoms with van der Waals surface area (Å²) in [5, 5.41) is 5.85. The number of rotatable bonds is 6. The zero-order valence-corrected chi connectivity index (χ0v) is 14.0. The second-order valence-electron chi connectivity index (χ2n) is 4.69. The van der Waals surface area contributed by atoms with E-state index < -0.39 is 0 Å². The van der Waals surface area contributed by atoms with Gasteiger partial charge in [-0.05, 0) is 25.1 Å². The largest absolute Gasteiger partial charge is 0.381 e. The van der Waals surface area contributed by atoms with Crippen LogP contribution in [0.2, 0.25) is 5.02 Å². The second kappa shape index (κ2) is 7.16. The Bertz CT molecular complexity index is 877. The molecular weight excluding hydrogens is 336 g/mol. The van der Waals surface area contributed by atoms with Gasteiger partial charge in [0.05, 0.1) is 18.5 Å². The molecule has 23 heavy (non-hydrogen) atoms. The van der Waals surface area contributed by atoms with Crippen molar-refractivity contribution in [3.8, 4) is 5.69 Å². The van der Waals surface area contributed by atoms with Gasteiger partial charge in [-0.25, -0.2) is 9.67 Å². The quantitative estimate of drug-likeness (QED) is 0.420. The van der Waals surface area contributed by atoms with Crippen LogP contribution in [0.3, 0.4) is 0 Å². The topological polar surface area (TPSA) is 72.8 Å². The highest BCUT2D eigenvalue weighted by atomic mass is 35.5. The van der Waals surface area contributed by atoms with Gasteiger partial charge in [-0.1, -0.05) is 29.4 Å². The summed E-state index contributed by atoms with van der Waals surface area (Å²) in [6.07, 6.45) is 1.51. The fraction of sp³-hybridized carbons (Fsp3) is 0.267. The number of hydrogen-bond donors (Lipinski definition) is 1. The zero-order valence-electron chi connectivity index (χ0n) is 12.5. The lowest BCUT2D eigenvalue weighted by atomic mass is 10.3. The van der Waals surface area contributed by atoms with Crippen molar-refractivity contribution in [2.75, 3.05) is 19.0 Å². The molecule has 0 aliphatic heterocycles. The van der Waals surface area contributed by atoms with Gasteiger partial charge in [0.25, 0.3) is 5.56 Å². The van der Waals surface area contributed by atoms with Crippen LogP contribution < -0.4 is 5.56 Å². The molecule has 0 unspecified atom stereocenters. The average Bonchev–Trinajstić information content (AvgIpc) is 2.96. The minimum Gasteiger partial charge on any atom is -0.381 e. The molecular formula is C15H15ClN4O2S. The van der Waals surface area contributed by atoms with E-state index in [-0.39, 0.29) is 5.56 Å². The molecule has 0 aliphatic rings. The molecule has 1 N–H and O–H groups in total. The van der Waals surface area contributed by atoms with Crippen molar-refractivity contribution >= 4 is 34.4 Å². The van der Waals surface area contributed by atoms with Gasteiger partial charge in [-0.3, -0.25) is 4.79 Å². The molecule has 2 heterocycles. The molecule has 120 valence electrons. The number of aromatic amines is 1. The smallest absolute Gasteiger partial charge is 0.262 e. The van der Waals surface area contributed by atoms with Crippen LogP contribution in [0, 0.1) is 0 Å². The Hall–Kier alpha value is -1.83. The molecule has 0 spiro atoms. The predicted molar refractivity (Wildman–Crippen MR) is 91.7 cm³/mol. The Morgan fingerprint density at radius 3 is 3.09 bits per heavy atom. The number of thioether (sulfide) groups is 1. The lowest BCUT2D eigenvalue weighted by molar-refractivity contribution is 0.164. The summed E-state index contributed by atoms with van der Waals surface area (Å²) >= 11 is 7.47. The average molecular weight is 351 g/mol. The third kappa shape index (κ3) is 3.57. The van der Waals surface area contributed by atoms with Crippen molar-refractivity contribution in [2.24, 2.45) is 0 Å². The van der Waals surface area contributed by atoms with Crippen LogP contribution in [0.15, 0.2) is 40.4 Å². The first kappa shape index (κ1) is 16.0. The Morgan fingerprint density at radius 1 is 1.43 bits per heavy atom. The molecule has 0 atom stereocenters. The van der Waals surface area contributed by atoms with E-state index >= 15 is 0 Å². The first-order valence-corrected chi connectivity index (χ1v) is 8.50. The molecule has 6 nitrogen and oxygen atoms in total. The number of H-pyrrole nitrogens is 1. The summed E-state index contributed by atoms with van der Waals surface area (Å²) in [4.78, 5) is 19.5. The standard InChI is InChI=1S/C15H15ClN4O2S/c1-2-22-6-7-23-15-18-13-12(14(21)19-15)9-17-20(13)11-5-3-4-10(16)8-11/h3-5,8-9H,2,6-7H2,1H3,(H,18,19,21). The fourth-order valence-corrected chi connectivity index (χ4v) is 3.00. The molecule has 0 radical (unpaired) electrons. The van der Waals surface area contributed by atoms with Crippen molar-refractivity contribution in [2.45, 2.75) is 12.1 Å². The maximum Gasteiger partial charge on any atom is 0.262 e. The first-order chi connectivity index (χ1) is 11.2. The highest BCUT2D eigenvalue weighted by molar-refractivity contribution is 7.99. The number of nitrogens with zero attached hydrogens (tertiary/aromatic N) is 3. The molecule has 0 saturated carbocycles. The van der Waals surface area contributed by atoms with Gasteiger partial charge in [0.2, 0.25) is 0 Å². The number of halogens is 1. The Labute approximate surface area is 141 Å². The molecule has 0 amide bonds. The monoisotopic (exact) mass is 350 g/mol. The lowest BCUT2D eigenvalue weighted by Gasteiger charge is -2.05. The highest BCUT2D eigenvalue weighted by Gasteiger charge is 2.12. The number of hydrogen-bond acceptors (Lipinski definition) is 5. The molecule has 1 aromatic carbocycles. The van der Waals surface area contributed by atoms with E-state index in [4.69, 9.17) is 16.3 Å². The molecule has 3 rings (SSSR count). The molecule has 3 aromatic rings. The van der Waals surface area contributed by atoms with Crippen LogP contribution in [0.5, 0.6) is 0 Å². The van der Waals surface area contributed by atoms with Gasteiger partial charge in [-0.15, -0.1) is 0 Å². The van der Waals surface area contributed by atoms with Crippen molar-refractivity contribution < 1.29 is 4.74 Å². The third-order valence-electron chi connectivity index (χ3n) is 3.14. The highest BCUT2D eigenvalue weighted by Crippen LogP contribution is 2.19. The van der Waals surface area contributed by atoms with Crippen LogP contribution in [0.4, 0.5) is 0 Å². The Balaban J connectivity index is 1.97. The lowest BCUT2D eigenvalue weighted by Crippen LogP contribution is -2.10. The van der Waals surface area contributed by atoms with Crippen molar-refractivity contribution in [3.05, 3.63) is 45.8 Å². The summed E-state index contributed by atoms with van der Waals surface area (Å²) < 4.78 is 6.91. The maximum atomic E-state index is 12.2. The van der Waals surface area contributed by atoms with E-state index in [1.54, 1.807) is 16.8 Å². The first-order valence-electron chi connectivity index (χ1n) is 7.13. The van der Waals surface area contributed by atoms with E-state index in [1.165, 1.54) is 18.0 Å². The summed E-state index contributed by atoms with van der Waals surface area (Å²) in [6.45, 7) is 3.22. The van der Waals surface area contributed by atoms with Crippen LogP contribution in [0.1, 0.15) is 6.92 Å². The van der Waals surface area contributed by atoms with Gasteiger partial charge in [-0.2, -0.15) is 5.10 Å². The molecule has 8 heteroatoms. The number of benzene rings is 1. The van der Waals surface area contributed by atoms with E-state index in [2.05, 4.69) is 15.1 Å². The van der Waals surface area contributed by atoms with E-state index in [9.17, 15) is 4.79 Å². The van der Waals surface area contributed by atoms with Gasteiger partial charge in [0, 0.05) is 17.4 Å². The zero-order chi connectivity index (χ0) is 16.2. The Kier molecular flexibility index (Phi) is 5.00. The van der Waals surface area contributed by atoms with E-state index in [0.29, 0.717) is 40.2 Å². The number of fused-ring (bicyclic) bond motifs is 1. The summed E-state index contributed by atoms with van der Waals surface area (Å²) in [6, 6.07) is 7.25. The molecule has 2 aromatic heterocycles. The minimum absolute atomic E-state index is 0.206. The molecule has 0 fully saturated rings. The summed E-state index contributed by atoms with van der Waals surface area (Å²) in [7, 11) is 0. The van der Waals surface area contributed by atoms with Gasteiger partial charge in [0.1, 0.15) is 5.39 Å². The SMILES string of the molecule is CCOCCSc1nc2c(cnn2-c2cccc(Cl)c2)c(=O)[nH]1. The summed E-state index contributed by atoms with van der Waals surface area (Å²) in [5.41, 5.74) is 1.06. The molecule has 0 aliphatic carbocycles. The van der Waals surface area contributed by atoms with E-state index in [1.807, 2.05) is 19.1 Å². The minimum atomic E-state index is -0.206. The van der Waals surface area contributed by atoms with E-state index in [0.717, 1.165) is 5.69 Å². The van der Waals surface area contributed by atoms with Gasteiger partial charge >= 0.3 is 0 Å². The number of nitrogens with one attached hydrogen (secondary N) is 1. The van der Waals surface area contributed by atoms with Gasteiger partial charge in [0.15, 0.2) is 10.8 Å². The summed E-state index contributed by atoms with van der Waals surface area (Å²) in [5.74, 6) is 0.716. The maximum absolute atomic E-state index is 12.2. The second-order valence-corrected chi connectivity index (χ2v) is 6.21. The number of aromatic nitrogens is 4. The normalized spacial score (nSPS) is 11.2. The van der Waals surface area contributed by atoms with Crippen LogP contribution in [-0.4, -0.2) is 38.7 Å².